The summed E-state index contributed by atoms with van der Waals surface area (Å²) in [6.07, 6.45) is 0.806. The Balaban J connectivity index is 3.46. The van der Waals surface area contributed by atoms with Gasteiger partial charge in [0.25, 0.3) is 0 Å². The molecular weight excluding hydrogens is 204 g/mol. The number of nitrogens with one attached hydrogen (secondary N) is 2. The first-order valence-corrected chi connectivity index (χ1v) is 6.44. The minimum absolute atomic E-state index is 0.0324. The van der Waals surface area contributed by atoms with Gasteiger partial charge >= 0.3 is 0 Å². The molecule has 0 rings (SSSR count). The van der Waals surface area contributed by atoms with E-state index in [9.17, 15) is 8.42 Å². The second-order valence-corrected chi connectivity index (χ2v) is 4.84. The Kier molecular flexibility index (Phi) is 8.07. The summed E-state index contributed by atoms with van der Waals surface area (Å²) < 4.78 is 29.6. The summed E-state index contributed by atoms with van der Waals surface area (Å²) in [6.45, 7) is 4.49. The Hall–Kier alpha value is -0.170. The van der Waals surface area contributed by atoms with E-state index in [0.717, 1.165) is 19.5 Å². The molecule has 0 saturated heterocycles. The van der Waals surface area contributed by atoms with Crippen LogP contribution in [0.4, 0.5) is 0 Å². The number of hydrogen-bond acceptors (Lipinski definition) is 4. The van der Waals surface area contributed by atoms with Crippen LogP contribution in [0.1, 0.15) is 13.3 Å². The van der Waals surface area contributed by atoms with Crippen LogP contribution >= 0.6 is 0 Å². The monoisotopic (exact) mass is 224 g/mol. The highest BCUT2D eigenvalue weighted by Gasteiger charge is 2.07. The quantitative estimate of drug-likeness (QED) is 0.521. The molecule has 0 saturated carbocycles. The predicted octanol–water partition coefficient (Wildman–Crippen LogP) is -0.448. The van der Waals surface area contributed by atoms with Crippen molar-refractivity contribution in [2.24, 2.45) is 0 Å². The molecule has 0 aromatic carbocycles. The number of hydrogen-bond donors (Lipinski definition) is 2. The van der Waals surface area contributed by atoms with E-state index in [1.165, 1.54) is 7.11 Å². The number of rotatable bonds is 9. The van der Waals surface area contributed by atoms with E-state index in [-0.39, 0.29) is 12.4 Å². The van der Waals surface area contributed by atoms with Crippen molar-refractivity contribution >= 4 is 10.0 Å². The largest absolute Gasteiger partial charge is 0.384 e. The lowest BCUT2D eigenvalue weighted by molar-refractivity contribution is 0.217. The summed E-state index contributed by atoms with van der Waals surface area (Å²) in [7, 11) is -1.65. The first kappa shape index (κ1) is 13.8. The maximum absolute atomic E-state index is 11.2. The third kappa shape index (κ3) is 8.43. The molecule has 0 heterocycles. The molecule has 14 heavy (non-hydrogen) atoms. The average molecular weight is 224 g/mol. The van der Waals surface area contributed by atoms with Crippen LogP contribution in [0, 0.1) is 0 Å². The molecule has 0 aromatic heterocycles. The van der Waals surface area contributed by atoms with Gasteiger partial charge in [-0.2, -0.15) is 0 Å². The van der Waals surface area contributed by atoms with E-state index >= 15 is 0 Å². The van der Waals surface area contributed by atoms with Crippen LogP contribution in [0.3, 0.4) is 0 Å². The summed E-state index contributed by atoms with van der Waals surface area (Å²) >= 11 is 0. The maximum atomic E-state index is 11.2. The molecule has 0 aromatic rings. The smallest absolute Gasteiger partial charge is 0.213 e. The molecule has 0 unspecified atom stereocenters. The number of methoxy groups -OCH3 is 1. The van der Waals surface area contributed by atoms with Gasteiger partial charge in [0.2, 0.25) is 10.0 Å². The minimum atomic E-state index is -3.13. The van der Waals surface area contributed by atoms with Gasteiger partial charge in [-0.1, -0.05) is 6.92 Å². The average Bonchev–Trinajstić information content (AvgIpc) is 2.15. The zero-order chi connectivity index (χ0) is 10.9. The van der Waals surface area contributed by atoms with Crippen LogP contribution in [-0.4, -0.2) is 47.5 Å². The van der Waals surface area contributed by atoms with Crippen molar-refractivity contribution in [2.45, 2.75) is 13.3 Å². The van der Waals surface area contributed by atoms with Crippen LogP contribution in [0.15, 0.2) is 0 Å². The lowest BCUT2D eigenvalue weighted by atomic mass is 10.4. The Bertz CT molecular complexity index is 217. The van der Waals surface area contributed by atoms with Gasteiger partial charge in [0.1, 0.15) is 0 Å². The normalized spacial score (nSPS) is 11.9. The highest BCUT2D eigenvalue weighted by Crippen LogP contribution is 1.85. The summed E-state index contributed by atoms with van der Waals surface area (Å²) in [5, 5.41) is 3.12. The van der Waals surface area contributed by atoms with Crippen LogP contribution in [0.2, 0.25) is 0 Å². The number of ether oxygens (including phenoxy) is 1. The Labute approximate surface area is 86.3 Å². The molecule has 0 aliphatic rings. The molecule has 2 N–H and O–H groups in total. The zero-order valence-corrected chi connectivity index (χ0v) is 9.69. The summed E-state index contributed by atoms with van der Waals surface area (Å²) in [4.78, 5) is 0. The fourth-order valence-electron chi connectivity index (χ4n) is 0.883. The molecule has 6 heteroatoms. The lowest BCUT2D eigenvalue weighted by Gasteiger charge is -2.05. The maximum Gasteiger partial charge on any atom is 0.213 e. The molecule has 0 fully saturated rings. The lowest BCUT2D eigenvalue weighted by Crippen LogP contribution is -2.30. The van der Waals surface area contributed by atoms with Gasteiger partial charge in [-0.3, -0.25) is 0 Å². The highest BCUT2D eigenvalue weighted by molar-refractivity contribution is 7.89. The van der Waals surface area contributed by atoms with Gasteiger partial charge in [0, 0.05) is 13.7 Å². The molecule has 0 radical (unpaired) electrons. The van der Waals surface area contributed by atoms with Crippen LogP contribution in [0.5, 0.6) is 0 Å². The van der Waals surface area contributed by atoms with Gasteiger partial charge in [-0.15, -0.1) is 0 Å². The second kappa shape index (κ2) is 8.16. The van der Waals surface area contributed by atoms with Crippen molar-refractivity contribution in [1.82, 2.24) is 10.0 Å². The molecule has 0 spiro atoms. The van der Waals surface area contributed by atoms with Gasteiger partial charge in [-0.05, 0) is 19.5 Å². The molecule has 0 aliphatic carbocycles. The van der Waals surface area contributed by atoms with Crippen LogP contribution < -0.4 is 10.0 Å². The molecule has 5 nitrogen and oxygen atoms in total. The van der Waals surface area contributed by atoms with E-state index in [0.29, 0.717) is 6.54 Å². The highest BCUT2D eigenvalue weighted by atomic mass is 32.2. The van der Waals surface area contributed by atoms with E-state index in [2.05, 4.69) is 10.0 Å². The topological polar surface area (TPSA) is 67.4 Å². The van der Waals surface area contributed by atoms with Crippen molar-refractivity contribution in [1.29, 1.82) is 0 Å². The fraction of sp³-hybridized carbons (Fsp3) is 1.00. The zero-order valence-electron chi connectivity index (χ0n) is 8.88. The van der Waals surface area contributed by atoms with Crippen molar-refractivity contribution < 1.29 is 13.2 Å². The molecule has 0 atom stereocenters. The third-order valence-electron chi connectivity index (χ3n) is 1.66. The van der Waals surface area contributed by atoms with Crippen LogP contribution in [0.25, 0.3) is 0 Å². The molecule has 0 bridgehead atoms. The van der Waals surface area contributed by atoms with Gasteiger partial charge in [-0.25, -0.2) is 13.1 Å². The molecular formula is C8H20N2O3S. The Morgan fingerprint density at radius 3 is 2.57 bits per heavy atom. The Morgan fingerprint density at radius 2 is 2.00 bits per heavy atom. The van der Waals surface area contributed by atoms with E-state index in [1.54, 1.807) is 0 Å². The first-order chi connectivity index (χ1) is 6.62. The van der Waals surface area contributed by atoms with Crippen molar-refractivity contribution in [3.8, 4) is 0 Å². The second-order valence-electron chi connectivity index (χ2n) is 2.91. The predicted molar refractivity (Wildman–Crippen MR) is 56.8 cm³/mol. The van der Waals surface area contributed by atoms with Gasteiger partial charge in [0.15, 0.2) is 0 Å². The molecule has 86 valence electrons. The first-order valence-electron chi connectivity index (χ1n) is 4.79. The van der Waals surface area contributed by atoms with Gasteiger partial charge in [0.05, 0.1) is 12.4 Å². The van der Waals surface area contributed by atoms with Crippen molar-refractivity contribution in [3.63, 3.8) is 0 Å². The van der Waals surface area contributed by atoms with Crippen molar-refractivity contribution in [2.75, 3.05) is 39.1 Å². The minimum Gasteiger partial charge on any atom is -0.384 e. The summed E-state index contributed by atoms with van der Waals surface area (Å²) in [5.74, 6) is 0.0324. The van der Waals surface area contributed by atoms with Crippen molar-refractivity contribution in [3.05, 3.63) is 0 Å². The molecule has 0 amide bonds. The fourth-order valence-corrected chi connectivity index (χ4v) is 1.87. The Morgan fingerprint density at radius 1 is 1.29 bits per heavy atom. The number of sulfonamides is 1. The van der Waals surface area contributed by atoms with E-state index in [1.807, 2.05) is 6.92 Å². The summed E-state index contributed by atoms with van der Waals surface area (Å²) in [6, 6.07) is 0. The molecule has 0 aliphatic heterocycles. The SMILES string of the molecule is CCNCCCNS(=O)(=O)CCOC. The van der Waals surface area contributed by atoms with Crippen LogP contribution in [-0.2, 0) is 14.8 Å². The standard InChI is InChI=1S/C8H20N2O3S/c1-3-9-5-4-6-10-14(11,12)8-7-13-2/h9-10H,3-8H2,1-2H3. The third-order valence-corrected chi connectivity index (χ3v) is 3.01. The summed E-state index contributed by atoms with van der Waals surface area (Å²) in [5.41, 5.74) is 0. The van der Waals surface area contributed by atoms with Gasteiger partial charge < -0.3 is 10.1 Å². The van der Waals surface area contributed by atoms with E-state index in [4.69, 9.17) is 4.74 Å². The van der Waals surface area contributed by atoms with E-state index < -0.39 is 10.0 Å².